The van der Waals surface area contributed by atoms with Crippen LogP contribution in [0.1, 0.15) is 40.5 Å². The smallest absolute Gasteiger partial charge is 0.186 e. The van der Waals surface area contributed by atoms with Crippen molar-refractivity contribution < 1.29 is 47.7 Å². The molecule has 0 spiro atoms. The average molecular weight is 553 g/mol. The van der Waals surface area contributed by atoms with Crippen LogP contribution in [0.5, 0.6) is 0 Å². The topological polar surface area (TPSA) is 103 Å². The van der Waals surface area contributed by atoms with Crippen molar-refractivity contribution in [3.8, 4) is 0 Å². The number of fused-ring (bicyclic) bond motifs is 2. The lowest BCUT2D eigenvalue weighted by Gasteiger charge is -2.33. The monoisotopic (exact) mass is 552 g/mol. The molecule has 0 saturated carbocycles. The number of rotatable bonds is 9. The highest BCUT2D eigenvalue weighted by molar-refractivity contribution is 8.17. The number of aliphatic hydroxyl groups is 1. The molecule has 1 N–H and O–H groups in total. The minimum absolute atomic E-state index is 0.0416. The van der Waals surface area contributed by atoms with E-state index >= 15 is 0 Å². The van der Waals surface area contributed by atoms with Gasteiger partial charge in [-0.2, -0.15) is 0 Å². The normalized spacial score (nSPS) is 43.4. The van der Waals surface area contributed by atoms with Gasteiger partial charge in [0, 0.05) is 14.2 Å². The Morgan fingerprint density at radius 3 is 1.86 bits per heavy atom. The molecule has 10 atom stereocenters. The van der Waals surface area contributed by atoms with E-state index in [0.29, 0.717) is 4.58 Å². The van der Waals surface area contributed by atoms with Crippen molar-refractivity contribution in [2.24, 2.45) is 0 Å². The van der Waals surface area contributed by atoms with Crippen LogP contribution in [-0.2, 0) is 42.6 Å². The van der Waals surface area contributed by atoms with Crippen LogP contribution < -0.4 is 0 Å². The first-order chi connectivity index (χ1) is 17.1. The standard InChI is InChI=1S/C24H40O10S2/c1-23(2)31-17-15(29-21(26-5)19(17)33-23)12(25)11-28-13(10-14-35-8-7-9-36-14)16-18-20(22(27-6)30-16)34-24(3,4)32-18/h12-22,25H,7-11H2,1-6H3/t12-,13-,15-,16-,17+,18+,19+,20+,21+,22+/m1/s1. The lowest BCUT2D eigenvalue weighted by molar-refractivity contribution is -0.248. The highest BCUT2D eigenvalue weighted by Crippen LogP contribution is 2.44. The van der Waals surface area contributed by atoms with Crippen LogP contribution in [0.15, 0.2) is 0 Å². The number of thioether (sulfide) groups is 2. The Morgan fingerprint density at radius 2 is 1.31 bits per heavy atom. The van der Waals surface area contributed by atoms with Crippen LogP contribution in [0.4, 0.5) is 0 Å². The number of hydrogen-bond donors (Lipinski definition) is 1. The van der Waals surface area contributed by atoms with E-state index in [0.717, 1.165) is 17.9 Å². The number of hydrogen-bond acceptors (Lipinski definition) is 12. The third kappa shape index (κ3) is 5.75. The zero-order valence-electron chi connectivity index (χ0n) is 21.8. The van der Waals surface area contributed by atoms with Crippen LogP contribution in [0.25, 0.3) is 0 Å². The van der Waals surface area contributed by atoms with Crippen molar-refractivity contribution in [3.63, 3.8) is 0 Å². The number of methoxy groups -OCH3 is 2. The van der Waals surface area contributed by atoms with Gasteiger partial charge in [0.25, 0.3) is 0 Å². The van der Waals surface area contributed by atoms with Gasteiger partial charge in [0.05, 0.1) is 17.3 Å². The zero-order valence-corrected chi connectivity index (χ0v) is 23.5. The first-order valence-corrected chi connectivity index (χ1v) is 14.8. The van der Waals surface area contributed by atoms with Crippen LogP contribution in [0.2, 0.25) is 0 Å². The minimum Gasteiger partial charge on any atom is -0.388 e. The molecule has 0 aromatic heterocycles. The molecule has 5 aliphatic heterocycles. The second-order valence-electron chi connectivity index (χ2n) is 10.7. The van der Waals surface area contributed by atoms with Crippen molar-refractivity contribution in [1.82, 2.24) is 0 Å². The molecule has 10 nitrogen and oxygen atoms in total. The van der Waals surface area contributed by atoms with Gasteiger partial charge in [-0.3, -0.25) is 0 Å². The van der Waals surface area contributed by atoms with Crippen molar-refractivity contribution >= 4 is 23.5 Å². The molecule has 0 bridgehead atoms. The predicted molar refractivity (Wildman–Crippen MR) is 133 cm³/mol. The lowest BCUT2D eigenvalue weighted by atomic mass is 10.0. The summed E-state index contributed by atoms with van der Waals surface area (Å²) >= 11 is 3.88. The number of ether oxygens (including phenoxy) is 9. The fourth-order valence-electron chi connectivity index (χ4n) is 5.65. The summed E-state index contributed by atoms with van der Waals surface area (Å²) in [5.74, 6) is 0.743. The second kappa shape index (κ2) is 11.1. The summed E-state index contributed by atoms with van der Waals surface area (Å²) in [6.45, 7) is 7.52. The van der Waals surface area contributed by atoms with E-state index in [1.165, 1.54) is 6.42 Å². The highest BCUT2D eigenvalue weighted by Gasteiger charge is 2.59. The molecule has 208 valence electrons. The second-order valence-corrected chi connectivity index (χ2v) is 13.7. The van der Waals surface area contributed by atoms with Gasteiger partial charge in [0.1, 0.15) is 42.7 Å². The maximum Gasteiger partial charge on any atom is 0.186 e. The molecule has 5 aliphatic rings. The molecule has 5 saturated heterocycles. The fraction of sp³-hybridized carbons (Fsp3) is 1.00. The van der Waals surface area contributed by atoms with Crippen LogP contribution >= 0.6 is 23.5 Å². The molecule has 0 unspecified atom stereocenters. The molecule has 0 aromatic carbocycles. The van der Waals surface area contributed by atoms with Crippen molar-refractivity contribution in [2.75, 3.05) is 32.3 Å². The molecular weight excluding hydrogens is 512 g/mol. The van der Waals surface area contributed by atoms with Crippen molar-refractivity contribution in [2.45, 2.75) is 118 Å². The van der Waals surface area contributed by atoms with E-state index in [-0.39, 0.29) is 24.9 Å². The Balaban J connectivity index is 1.28. The Labute approximate surface area is 221 Å². The SMILES string of the molecule is CO[C@H]1O[C@H]([C@H](O)CO[C@H](CC2SCCCS2)[C@H]2O[C@H](OC)[C@H]3OC(C)(C)O[C@H]32)[C@@H]2OC(C)(C)O[C@H]12. The Morgan fingerprint density at radius 1 is 0.806 bits per heavy atom. The van der Waals surface area contributed by atoms with E-state index in [1.807, 2.05) is 51.2 Å². The maximum atomic E-state index is 11.2. The first-order valence-electron chi connectivity index (χ1n) is 12.7. The maximum absolute atomic E-state index is 11.2. The molecule has 0 amide bonds. The molecular formula is C24H40O10S2. The van der Waals surface area contributed by atoms with Gasteiger partial charge < -0.3 is 47.7 Å². The van der Waals surface area contributed by atoms with Crippen LogP contribution in [0, 0.1) is 0 Å². The summed E-state index contributed by atoms with van der Waals surface area (Å²) in [5, 5.41) is 11.2. The largest absolute Gasteiger partial charge is 0.388 e. The van der Waals surface area contributed by atoms with Gasteiger partial charge in [-0.1, -0.05) is 0 Å². The van der Waals surface area contributed by atoms with Gasteiger partial charge in [-0.05, 0) is 52.0 Å². The molecule has 5 rings (SSSR count). The molecule has 0 radical (unpaired) electrons. The van der Waals surface area contributed by atoms with E-state index in [1.54, 1.807) is 14.2 Å². The van der Waals surface area contributed by atoms with E-state index in [9.17, 15) is 5.11 Å². The summed E-state index contributed by atoms with van der Waals surface area (Å²) in [6, 6.07) is 0. The predicted octanol–water partition coefficient (Wildman–Crippen LogP) is 2.10. The Bertz CT molecular complexity index is 750. The Kier molecular flexibility index (Phi) is 8.55. The first kappa shape index (κ1) is 27.9. The van der Waals surface area contributed by atoms with Crippen LogP contribution in [-0.4, -0.2) is 115 Å². The molecule has 0 aliphatic carbocycles. The highest BCUT2D eigenvalue weighted by atomic mass is 32.2. The molecule has 36 heavy (non-hydrogen) atoms. The van der Waals surface area contributed by atoms with Crippen molar-refractivity contribution in [3.05, 3.63) is 0 Å². The van der Waals surface area contributed by atoms with Gasteiger partial charge in [-0.25, -0.2) is 0 Å². The summed E-state index contributed by atoms with van der Waals surface area (Å²) in [4.78, 5) is 0. The average Bonchev–Trinajstić information content (AvgIpc) is 3.52. The molecule has 5 fully saturated rings. The summed E-state index contributed by atoms with van der Waals surface area (Å²) in [7, 11) is 3.17. The van der Waals surface area contributed by atoms with Gasteiger partial charge >= 0.3 is 0 Å². The lowest BCUT2D eigenvalue weighted by Crippen LogP contribution is -2.45. The van der Waals surface area contributed by atoms with Gasteiger partial charge in [0.2, 0.25) is 0 Å². The van der Waals surface area contributed by atoms with E-state index in [4.69, 9.17) is 42.6 Å². The molecule has 5 heterocycles. The van der Waals surface area contributed by atoms with Gasteiger partial charge in [0.15, 0.2) is 24.2 Å². The molecule has 0 aromatic rings. The summed E-state index contributed by atoms with van der Waals surface area (Å²) in [6.07, 6.45) is -3.06. The van der Waals surface area contributed by atoms with E-state index in [2.05, 4.69) is 0 Å². The number of aliphatic hydroxyl groups excluding tert-OH is 1. The molecule has 12 heteroatoms. The minimum atomic E-state index is -0.947. The third-order valence-electron chi connectivity index (χ3n) is 7.11. The zero-order chi connectivity index (χ0) is 25.7. The summed E-state index contributed by atoms with van der Waals surface area (Å²) < 4.78 is 54.4. The van der Waals surface area contributed by atoms with Crippen molar-refractivity contribution in [1.29, 1.82) is 0 Å². The fourth-order valence-corrected chi connectivity index (χ4v) is 8.59. The third-order valence-corrected chi connectivity index (χ3v) is 10.1. The van der Waals surface area contributed by atoms with Gasteiger partial charge in [-0.15, -0.1) is 23.5 Å². The Hall–Kier alpha value is 0.300. The summed E-state index contributed by atoms with van der Waals surface area (Å²) in [5.41, 5.74) is 0. The quantitative estimate of drug-likeness (QED) is 0.453. The van der Waals surface area contributed by atoms with Crippen LogP contribution in [0.3, 0.4) is 0 Å². The van der Waals surface area contributed by atoms with E-state index < -0.39 is 54.7 Å².